The zero-order chi connectivity index (χ0) is 11.3. The number of rotatable bonds is 4. The summed E-state index contributed by atoms with van der Waals surface area (Å²) in [6.07, 6.45) is 1.55. The fourth-order valence-corrected chi connectivity index (χ4v) is 1.58. The number of nitrogens with zero attached hydrogens (tertiary/aromatic N) is 1. The van der Waals surface area contributed by atoms with Crippen LogP contribution in [0.5, 0.6) is 0 Å². The first-order chi connectivity index (χ1) is 7.13. The molecule has 0 spiro atoms. The summed E-state index contributed by atoms with van der Waals surface area (Å²) in [5.74, 6) is 0.221. The fraction of sp³-hybridized carbons (Fsp3) is 0.462. The summed E-state index contributed by atoms with van der Waals surface area (Å²) >= 11 is 0. The Morgan fingerprint density at radius 2 is 2.13 bits per heavy atom. The third kappa shape index (κ3) is 3.74. The van der Waals surface area contributed by atoms with Gasteiger partial charge in [0, 0.05) is 20.0 Å². The molecule has 82 valence electrons. The van der Waals surface area contributed by atoms with Crippen molar-refractivity contribution < 1.29 is 4.79 Å². The lowest BCUT2D eigenvalue weighted by molar-refractivity contribution is -0.130. The van der Waals surface area contributed by atoms with Gasteiger partial charge in [-0.3, -0.25) is 4.79 Å². The first-order valence-electron chi connectivity index (χ1n) is 5.43. The minimum atomic E-state index is 0.221. The number of aryl methyl sites for hydroxylation is 1. The Morgan fingerprint density at radius 3 is 2.73 bits per heavy atom. The number of carbonyl (C=O) groups is 1. The third-order valence-electron chi connectivity index (χ3n) is 2.39. The molecular formula is C13H19NO. The van der Waals surface area contributed by atoms with E-state index in [-0.39, 0.29) is 5.91 Å². The minimum absolute atomic E-state index is 0.221. The van der Waals surface area contributed by atoms with Crippen LogP contribution in [0, 0.1) is 6.92 Å². The molecule has 0 bridgehead atoms. The van der Waals surface area contributed by atoms with E-state index in [4.69, 9.17) is 0 Å². The Hall–Kier alpha value is -1.31. The summed E-state index contributed by atoms with van der Waals surface area (Å²) < 4.78 is 0. The maximum atomic E-state index is 11.6. The topological polar surface area (TPSA) is 20.3 Å². The maximum Gasteiger partial charge on any atom is 0.222 e. The number of amides is 1. The van der Waals surface area contributed by atoms with E-state index >= 15 is 0 Å². The molecule has 0 aromatic heterocycles. The van der Waals surface area contributed by atoms with Gasteiger partial charge in [0.05, 0.1) is 0 Å². The summed E-state index contributed by atoms with van der Waals surface area (Å²) in [4.78, 5) is 13.3. The SMILES string of the molecule is CCCC(=O)N(C)Cc1cccc(C)c1. The summed E-state index contributed by atoms with van der Waals surface area (Å²) in [5, 5.41) is 0. The molecule has 0 saturated heterocycles. The maximum absolute atomic E-state index is 11.6. The van der Waals surface area contributed by atoms with Crippen molar-refractivity contribution in [1.82, 2.24) is 4.90 Å². The van der Waals surface area contributed by atoms with Crippen molar-refractivity contribution in [2.45, 2.75) is 33.2 Å². The molecule has 0 heterocycles. The Labute approximate surface area is 91.9 Å². The highest BCUT2D eigenvalue weighted by Crippen LogP contribution is 2.07. The number of benzene rings is 1. The van der Waals surface area contributed by atoms with Crippen LogP contribution in [0.15, 0.2) is 24.3 Å². The lowest BCUT2D eigenvalue weighted by atomic mass is 10.1. The minimum Gasteiger partial charge on any atom is -0.341 e. The van der Waals surface area contributed by atoms with Crippen LogP contribution in [0.25, 0.3) is 0 Å². The van der Waals surface area contributed by atoms with Gasteiger partial charge in [0.15, 0.2) is 0 Å². The second-order valence-corrected chi connectivity index (χ2v) is 3.99. The Kier molecular flexibility index (Phi) is 4.35. The molecule has 1 aromatic carbocycles. The second kappa shape index (κ2) is 5.54. The fourth-order valence-electron chi connectivity index (χ4n) is 1.58. The number of hydrogen-bond donors (Lipinski definition) is 0. The van der Waals surface area contributed by atoms with Crippen LogP contribution in [-0.4, -0.2) is 17.9 Å². The van der Waals surface area contributed by atoms with E-state index in [2.05, 4.69) is 25.1 Å². The molecule has 0 fully saturated rings. The van der Waals surface area contributed by atoms with Gasteiger partial charge in [-0.2, -0.15) is 0 Å². The van der Waals surface area contributed by atoms with E-state index in [0.29, 0.717) is 13.0 Å². The van der Waals surface area contributed by atoms with E-state index in [1.165, 1.54) is 11.1 Å². The van der Waals surface area contributed by atoms with E-state index < -0.39 is 0 Å². The molecule has 2 nitrogen and oxygen atoms in total. The Bertz CT molecular complexity index is 333. The number of carbonyl (C=O) groups excluding carboxylic acids is 1. The predicted octanol–water partition coefficient (Wildman–Crippen LogP) is 2.75. The molecule has 0 aliphatic heterocycles. The zero-order valence-corrected chi connectivity index (χ0v) is 9.79. The van der Waals surface area contributed by atoms with Crippen LogP contribution in [0.3, 0.4) is 0 Å². The standard InChI is InChI=1S/C13H19NO/c1-4-6-13(15)14(3)10-12-8-5-7-11(2)9-12/h5,7-9H,4,6,10H2,1-3H3. The smallest absolute Gasteiger partial charge is 0.222 e. The highest BCUT2D eigenvalue weighted by molar-refractivity contribution is 5.75. The normalized spacial score (nSPS) is 10.1. The molecule has 0 N–H and O–H groups in total. The van der Waals surface area contributed by atoms with Crippen molar-refractivity contribution in [3.8, 4) is 0 Å². The van der Waals surface area contributed by atoms with E-state index in [0.717, 1.165) is 6.42 Å². The lowest BCUT2D eigenvalue weighted by Crippen LogP contribution is -2.25. The van der Waals surface area contributed by atoms with Crippen LogP contribution in [0.2, 0.25) is 0 Å². The molecule has 0 aliphatic carbocycles. The molecular weight excluding hydrogens is 186 g/mol. The molecule has 15 heavy (non-hydrogen) atoms. The quantitative estimate of drug-likeness (QED) is 0.740. The van der Waals surface area contributed by atoms with Crippen molar-refractivity contribution in [1.29, 1.82) is 0 Å². The average molecular weight is 205 g/mol. The predicted molar refractivity (Wildman–Crippen MR) is 62.6 cm³/mol. The van der Waals surface area contributed by atoms with Crippen LogP contribution < -0.4 is 0 Å². The highest BCUT2D eigenvalue weighted by Gasteiger charge is 2.07. The largest absolute Gasteiger partial charge is 0.341 e. The monoisotopic (exact) mass is 205 g/mol. The van der Waals surface area contributed by atoms with Gasteiger partial charge in [-0.15, -0.1) is 0 Å². The van der Waals surface area contributed by atoms with Gasteiger partial charge < -0.3 is 4.90 Å². The van der Waals surface area contributed by atoms with Gasteiger partial charge in [0.1, 0.15) is 0 Å². The van der Waals surface area contributed by atoms with Gasteiger partial charge in [-0.25, -0.2) is 0 Å². The van der Waals surface area contributed by atoms with Crippen molar-refractivity contribution in [3.63, 3.8) is 0 Å². The van der Waals surface area contributed by atoms with Crippen molar-refractivity contribution in [2.24, 2.45) is 0 Å². The second-order valence-electron chi connectivity index (χ2n) is 3.99. The molecule has 1 aromatic rings. The molecule has 0 radical (unpaired) electrons. The summed E-state index contributed by atoms with van der Waals surface area (Å²) in [5.41, 5.74) is 2.44. The molecule has 1 amide bonds. The molecule has 0 saturated carbocycles. The van der Waals surface area contributed by atoms with Gasteiger partial charge in [0.2, 0.25) is 5.91 Å². The number of hydrogen-bond acceptors (Lipinski definition) is 1. The van der Waals surface area contributed by atoms with Crippen molar-refractivity contribution >= 4 is 5.91 Å². The van der Waals surface area contributed by atoms with Crippen LogP contribution in [-0.2, 0) is 11.3 Å². The van der Waals surface area contributed by atoms with Crippen LogP contribution in [0.4, 0.5) is 0 Å². The Balaban J connectivity index is 2.58. The van der Waals surface area contributed by atoms with Crippen molar-refractivity contribution in [3.05, 3.63) is 35.4 Å². The van der Waals surface area contributed by atoms with E-state index in [1.54, 1.807) is 4.90 Å². The van der Waals surface area contributed by atoms with E-state index in [1.807, 2.05) is 20.0 Å². The van der Waals surface area contributed by atoms with Crippen molar-refractivity contribution in [2.75, 3.05) is 7.05 Å². The molecule has 1 rings (SSSR count). The van der Waals surface area contributed by atoms with Crippen LogP contribution in [0.1, 0.15) is 30.9 Å². The molecule has 0 unspecified atom stereocenters. The van der Waals surface area contributed by atoms with Gasteiger partial charge in [-0.05, 0) is 18.9 Å². The van der Waals surface area contributed by atoms with Gasteiger partial charge >= 0.3 is 0 Å². The van der Waals surface area contributed by atoms with Crippen LogP contribution >= 0.6 is 0 Å². The van der Waals surface area contributed by atoms with Gasteiger partial charge in [0.25, 0.3) is 0 Å². The molecule has 0 aliphatic rings. The summed E-state index contributed by atoms with van der Waals surface area (Å²) in [7, 11) is 1.86. The first kappa shape index (κ1) is 11.8. The summed E-state index contributed by atoms with van der Waals surface area (Å²) in [6, 6.07) is 8.28. The summed E-state index contributed by atoms with van der Waals surface area (Å²) in [6.45, 7) is 4.80. The highest BCUT2D eigenvalue weighted by atomic mass is 16.2. The van der Waals surface area contributed by atoms with E-state index in [9.17, 15) is 4.79 Å². The zero-order valence-electron chi connectivity index (χ0n) is 9.79. The first-order valence-corrected chi connectivity index (χ1v) is 5.43. The van der Waals surface area contributed by atoms with Gasteiger partial charge in [-0.1, -0.05) is 36.8 Å². The molecule has 0 atom stereocenters. The third-order valence-corrected chi connectivity index (χ3v) is 2.39. The Morgan fingerprint density at radius 1 is 1.40 bits per heavy atom. The lowest BCUT2D eigenvalue weighted by Gasteiger charge is -2.17. The molecule has 2 heteroatoms. The average Bonchev–Trinajstić information content (AvgIpc) is 2.18.